The van der Waals surface area contributed by atoms with Gasteiger partial charge in [0.05, 0.1) is 4.88 Å². The van der Waals surface area contributed by atoms with Crippen LogP contribution in [0.1, 0.15) is 36.4 Å². The number of amides is 2. The molecule has 3 aliphatic rings. The van der Waals surface area contributed by atoms with Gasteiger partial charge in [0.15, 0.2) is 5.06 Å². The predicted octanol–water partition coefficient (Wildman–Crippen LogP) is 3.71. The second-order valence-electron chi connectivity index (χ2n) is 7.54. The molecule has 2 bridgehead atoms. The molecule has 1 aromatic carbocycles. The fourth-order valence-electron chi connectivity index (χ4n) is 4.19. The summed E-state index contributed by atoms with van der Waals surface area (Å²) in [5.74, 6) is 1.11. The first kappa shape index (κ1) is 19.0. The number of hydrogen-bond acceptors (Lipinski definition) is 5. The quantitative estimate of drug-likeness (QED) is 0.804. The summed E-state index contributed by atoms with van der Waals surface area (Å²) in [5.41, 5.74) is 0.720. The van der Waals surface area contributed by atoms with Crippen LogP contribution in [0.5, 0.6) is 10.8 Å². The molecule has 2 N–H and O–H groups in total. The van der Waals surface area contributed by atoms with Crippen molar-refractivity contribution in [2.24, 2.45) is 5.92 Å². The van der Waals surface area contributed by atoms with Gasteiger partial charge in [0.25, 0.3) is 5.91 Å². The number of nitrogens with one attached hydrogen (secondary N) is 2. The van der Waals surface area contributed by atoms with E-state index in [1.807, 2.05) is 12.1 Å². The van der Waals surface area contributed by atoms with Gasteiger partial charge in [-0.1, -0.05) is 11.3 Å². The van der Waals surface area contributed by atoms with Crippen LogP contribution in [0.2, 0.25) is 0 Å². The van der Waals surface area contributed by atoms with E-state index in [2.05, 4.69) is 22.5 Å². The number of carbonyl (C=O) groups is 2. The smallest absolute Gasteiger partial charge is 0.261 e. The largest absolute Gasteiger partial charge is 0.447 e. The summed E-state index contributed by atoms with van der Waals surface area (Å²) in [7, 11) is 0. The predicted molar refractivity (Wildman–Crippen MR) is 110 cm³/mol. The number of hydrogen-bond donors (Lipinski definition) is 2. The second-order valence-corrected chi connectivity index (χ2v) is 8.59. The maximum Gasteiger partial charge on any atom is 0.261 e. The molecule has 3 fully saturated rings. The molecule has 28 heavy (non-hydrogen) atoms. The summed E-state index contributed by atoms with van der Waals surface area (Å²) in [4.78, 5) is 26.9. The van der Waals surface area contributed by atoms with E-state index in [0.717, 1.165) is 18.8 Å². The lowest BCUT2D eigenvalue weighted by Crippen LogP contribution is -2.62. The highest BCUT2D eigenvalue weighted by Gasteiger charge is 2.40. The third-order valence-corrected chi connectivity index (χ3v) is 6.64. The van der Waals surface area contributed by atoms with Gasteiger partial charge >= 0.3 is 0 Å². The number of fused-ring (bicyclic) bond motifs is 3. The van der Waals surface area contributed by atoms with E-state index in [9.17, 15) is 9.59 Å². The summed E-state index contributed by atoms with van der Waals surface area (Å²) in [6.45, 7) is 5.98. The van der Waals surface area contributed by atoms with Crippen molar-refractivity contribution < 1.29 is 14.3 Å². The molecule has 0 radical (unpaired) electrons. The Morgan fingerprint density at radius 1 is 1.11 bits per heavy atom. The lowest BCUT2D eigenvalue weighted by Gasteiger charge is -2.49. The molecule has 5 rings (SSSR count). The monoisotopic (exact) mass is 399 g/mol. The third-order valence-electron chi connectivity index (χ3n) is 5.67. The minimum absolute atomic E-state index is 0.0218. The van der Waals surface area contributed by atoms with Crippen molar-refractivity contribution in [3.05, 3.63) is 41.3 Å². The van der Waals surface area contributed by atoms with E-state index >= 15 is 0 Å². The molecule has 7 heteroatoms. The zero-order chi connectivity index (χ0) is 19.7. The van der Waals surface area contributed by atoms with Gasteiger partial charge in [-0.3, -0.25) is 14.5 Å². The van der Waals surface area contributed by atoms with Crippen LogP contribution >= 0.6 is 11.3 Å². The Bertz CT molecular complexity index is 854. The fourth-order valence-corrected chi connectivity index (χ4v) is 4.97. The Morgan fingerprint density at radius 2 is 1.82 bits per heavy atom. The number of anilines is 1. The average Bonchev–Trinajstić information content (AvgIpc) is 3.15. The molecular weight excluding hydrogens is 374 g/mol. The van der Waals surface area contributed by atoms with Crippen molar-refractivity contribution in [3.8, 4) is 10.8 Å². The molecular formula is C21H25N3O3S. The van der Waals surface area contributed by atoms with Crippen LogP contribution < -0.4 is 15.4 Å². The van der Waals surface area contributed by atoms with Gasteiger partial charge < -0.3 is 15.4 Å². The van der Waals surface area contributed by atoms with Crippen molar-refractivity contribution in [3.63, 3.8) is 0 Å². The molecule has 4 heterocycles. The van der Waals surface area contributed by atoms with E-state index in [1.54, 1.807) is 24.3 Å². The molecule has 2 amide bonds. The Kier molecular flexibility index (Phi) is 5.37. The maximum absolute atomic E-state index is 12.7. The van der Waals surface area contributed by atoms with Gasteiger partial charge in [-0.25, -0.2) is 0 Å². The first-order chi connectivity index (χ1) is 13.5. The van der Waals surface area contributed by atoms with Gasteiger partial charge in [-0.2, -0.15) is 0 Å². The lowest BCUT2D eigenvalue weighted by molar-refractivity contribution is -0.114. The zero-order valence-corrected chi connectivity index (χ0v) is 16.9. The van der Waals surface area contributed by atoms with Gasteiger partial charge in [0.1, 0.15) is 5.75 Å². The van der Waals surface area contributed by atoms with Gasteiger partial charge in [0, 0.05) is 24.7 Å². The number of nitrogens with zero attached hydrogens (tertiary/aromatic N) is 1. The first-order valence-corrected chi connectivity index (χ1v) is 10.5. The van der Waals surface area contributed by atoms with E-state index in [1.165, 1.54) is 31.1 Å². The Hall–Kier alpha value is -2.38. The van der Waals surface area contributed by atoms with E-state index in [0.29, 0.717) is 27.6 Å². The number of carbonyl (C=O) groups excluding carboxylic acids is 2. The molecule has 6 nitrogen and oxygen atoms in total. The van der Waals surface area contributed by atoms with Crippen molar-refractivity contribution in [1.29, 1.82) is 0 Å². The number of ether oxygens (including phenoxy) is 1. The minimum atomic E-state index is -0.111. The molecule has 0 aliphatic carbocycles. The topological polar surface area (TPSA) is 70.7 Å². The second kappa shape index (κ2) is 7.93. The number of piperidine rings is 3. The van der Waals surface area contributed by atoms with E-state index < -0.39 is 0 Å². The summed E-state index contributed by atoms with van der Waals surface area (Å²) in [6, 6.07) is 11.4. The van der Waals surface area contributed by atoms with Crippen molar-refractivity contribution in [2.75, 3.05) is 18.4 Å². The molecule has 3 saturated heterocycles. The van der Waals surface area contributed by atoms with Gasteiger partial charge in [0.2, 0.25) is 5.91 Å². The maximum atomic E-state index is 12.7. The van der Waals surface area contributed by atoms with Gasteiger partial charge in [-0.05, 0) is 75.2 Å². The minimum Gasteiger partial charge on any atom is -0.447 e. The van der Waals surface area contributed by atoms with Crippen LogP contribution in [0.3, 0.4) is 0 Å². The molecule has 1 aromatic heterocycles. The molecule has 2 atom stereocenters. The van der Waals surface area contributed by atoms with Crippen LogP contribution in [0.4, 0.5) is 5.69 Å². The Balaban J connectivity index is 1.37. The molecule has 2 aromatic rings. The standard InChI is InChI=1S/C21H25N3O3S/c1-13-20(15-9-11-24(13)12-10-15)23-21(26)18-7-8-19(28-18)27-17-5-3-16(4-6-17)22-14(2)25/h3-8,13,15,20H,9-12H2,1-2H3,(H,22,25)(H,23,26)/t13-,20+/m1/s1. The lowest BCUT2D eigenvalue weighted by atomic mass is 9.79. The van der Waals surface area contributed by atoms with E-state index in [-0.39, 0.29) is 17.9 Å². The van der Waals surface area contributed by atoms with Crippen LogP contribution in [-0.2, 0) is 4.79 Å². The number of rotatable bonds is 5. The highest BCUT2D eigenvalue weighted by atomic mass is 32.1. The van der Waals surface area contributed by atoms with Crippen LogP contribution in [0.25, 0.3) is 0 Å². The number of benzene rings is 1. The first-order valence-electron chi connectivity index (χ1n) is 9.70. The SMILES string of the molecule is CC(=O)Nc1ccc(Oc2ccc(C(=O)N[C@@H]3C4CCN(CC4)[C@@H]3C)s2)cc1. The molecule has 0 unspecified atom stereocenters. The summed E-state index contributed by atoms with van der Waals surface area (Å²) >= 11 is 1.34. The molecule has 3 aliphatic heterocycles. The number of thiophene rings is 1. The van der Waals surface area contributed by atoms with Crippen molar-refractivity contribution in [2.45, 2.75) is 38.8 Å². The van der Waals surface area contributed by atoms with Crippen molar-refractivity contribution >= 4 is 28.8 Å². The Morgan fingerprint density at radius 3 is 2.46 bits per heavy atom. The normalized spacial score (nSPS) is 25.9. The van der Waals surface area contributed by atoms with Crippen LogP contribution in [0, 0.1) is 5.92 Å². The van der Waals surface area contributed by atoms with Gasteiger partial charge in [-0.15, -0.1) is 0 Å². The van der Waals surface area contributed by atoms with Crippen LogP contribution in [-0.4, -0.2) is 41.9 Å². The molecule has 148 valence electrons. The van der Waals surface area contributed by atoms with E-state index in [4.69, 9.17) is 4.74 Å². The average molecular weight is 400 g/mol. The van der Waals surface area contributed by atoms with Crippen LogP contribution in [0.15, 0.2) is 36.4 Å². The Labute approximate surface area is 168 Å². The summed E-state index contributed by atoms with van der Waals surface area (Å²) < 4.78 is 5.85. The third kappa shape index (κ3) is 4.05. The summed E-state index contributed by atoms with van der Waals surface area (Å²) in [5, 5.41) is 6.64. The summed E-state index contributed by atoms with van der Waals surface area (Å²) in [6.07, 6.45) is 2.34. The zero-order valence-electron chi connectivity index (χ0n) is 16.1. The van der Waals surface area contributed by atoms with Crippen molar-refractivity contribution in [1.82, 2.24) is 10.2 Å². The molecule has 0 spiro atoms. The molecule has 0 saturated carbocycles. The highest BCUT2D eigenvalue weighted by Crippen LogP contribution is 2.34. The highest BCUT2D eigenvalue weighted by molar-refractivity contribution is 7.15. The fraction of sp³-hybridized carbons (Fsp3) is 0.429.